The molecule has 1 aromatic rings. The van der Waals surface area contributed by atoms with Crippen LogP contribution in [-0.4, -0.2) is 50.7 Å². The number of nitrogens with two attached hydrogens (primary N) is 1. The van der Waals surface area contributed by atoms with E-state index in [2.05, 4.69) is 11.0 Å². The number of carbonyl (C=O) groups excluding carboxylic acids is 1. The first-order chi connectivity index (χ1) is 11.1. The van der Waals surface area contributed by atoms with Crippen molar-refractivity contribution in [2.45, 2.75) is 31.5 Å². The largest absolute Gasteiger partial charge is 0.368 e. The van der Waals surface area contributed by atoms with Gasteiger partial charge in [-0.15, -0.1) is 0 Å². The van der Waals surface area contributed by atoms with Crippen molar-refractivity contribution in [2.24, 2.45) is 11.7 Å². The van der Waals surface area contributed by atoms with Gasteiger partial charge in [-0.05, 0) is 17.5 Å². The van der Waals surface area contributed by atoms with E-state index in [9.17, 15) is 4.79 Å². The molecule has 1 saturated heterocycles. The fourth-order valence-corrected chi connectivity index (χ4v) is 3.68. The molecule has 0 aliphatic carbocycles. The van der Waals surface area contributed by atoms with Crippen molar-refractivity contribution in [1.82, 2.24) is 4.90 Å². The second-order valence-corrected chi connectivity index (χ2v) is 6.15. The molecule has 3 rings (SSSR count). The van der Waals surface area contributed by atoms with Gasteiger partial charge in [0.2, 0.25) is 5.91 Å². The molecular weight excluding hydrogens is 296 g/mol. The van der Waals surface area contributed by atoms with E-state index in [0.29, 0.717) is 6.54 Å². The highest BCUT2D eigenvalue weighted by Crippen LogP contribution is 2.34. The number of fused-ring (bicyclic) bond motifs is 1. The highest BCUT2D eigenvalue weighted by molar-refractivity contribution is 5.82. The van der Waals surface area contributed by atoms with Crippen molar-refractivity contribution >= 4 is 5.91 Å². The topological polar surface area (TPSA) is 74.0 Å². The van der Waals surface area contributed by atoms with Crippen molar-refractivity contribution in [3.63, 3.8) is 0 Å². The summed E-state index contributed by atoms with van der Waals surface area (Å²) in [4.78, 5) is 14.2. The number of nitrogens with zero attached hydrogens (tertiary/aromatic N) is 1. The number of benzene rings is 1. The third-order valence-corrected chi connectivity index (χ3v) is 4.78. The van der Waals surface area contributed by atoms with Crippen molar-refractivity contribution in [3.05, 3.63) is 35.4 Å². The Morgan fingerprint density at radius 1 is 1.35 bits per heavy atom. The van der Waals surface area contributed by atoms with E-state index in [0.717, 1.165) is 24.9 Å². The Bertz CT molecular complexity index is 565. The van der Waals surface area contributed by atoms with Gasteiger partial charge in [0.15, 0.2) is 12.6 Å². The Balaban J connectivity index is 1.78. The van der Waals surface area contributed by atoms with E-state index >= 15 is 0 Å². The quantitative estimate of drug-likeness (QED) is 0.878. The minimum atomic E-state index is -0.390. The Labute approximate surface area is 136 Å². The van der Waals surface area contributed by atoms with Gasteiger partial charge < -0.3 is 19.9 Å². The predicted octanol–water partition coefficient (Wildman–Crippen LogP) is 1.05. The van der Waals surface area contributed by atoms with Crippen LogP contribution in [0.5, 0.6) is 0 Å². The zero-order valence-corrected chi connectivity index (χ0v) is 13.6. The molecule has 0 bridgehead atoms. The number of hydrogen-bond donors (Lipinski definition) is 1. The van der Waals surface area contributed by atoms with Crippen LogP contribution in [0.25, 0.3) is 0 Å². The molecule has 0 spiro atoms. The molecule has 1 amide bonds. The SMILES string of the molecule is COC1CC(CN2CCc3ccccc3C2C(N)=O)C(OC)O1. The molecule has 0 aromatic heterocycles. The fourth-order valence-electron chi connectivity index (χ4n) is 3.68. The van der Waals surface area contributed by atoms with Crippen molar-refractivity contribution < 1.29 is 19.0 Å². The number of methoxy groups -OCH3 is 2. The van der Waals surface area contributed by atoms with E-state index in [-0.39, 0.29) is 30.4 Å². The molecule has 2 aliphatic rings. The van der Waals surface area contributed by atoms with Crippen LogP contribution in [-0.2, 0) is 25.4 Å². The molecule has 0 radical (unpaired) electrons. The van der Waals surface area contributed by atoms with Gasteiger partial charge in [0.05, 0.1) is 0 Å². The molecule has 2 heterocycles. The molecule has 2 aliphatic heterocycles. The van der Waals surface area contributed by atoms with Crippen LogP contribution in [0.4, 0.5) is 0 Å². The lowest BCUT2D eigenvalue weighted by Gasteiger charge is -2.37. The Morgan fingerprint density at radius 2 is 2.13 bits per heavy atom. The summed E-state index contributed by atoms with van der Waals surface area (Å²) in [5.41, 5.74) is 7.92. The monoisotopic (exact) mass is 320 g/mol. The van der Waals surface area contributed by atoms with Crippen LogP contribution in [0.2, 0.25) is 0 Å². The summed E-state index contributed by atoms with van der Waals surface area (Å²) in [7, 11) is 3.26. The summed E-state index contributed by atoms with van der Waals surface area (Å²) in [6, 6.07) is 7.63. The lowest BCUT2D eigenvalue weighted by molar-refractivity contribution is -0.194. The first-order valence-corrected chi connectivity index (χ1v) is 7.96. The summed E-state index contributed by atoms with van der Waals surface area (Å²) >= 11 is 0. The van der Waals surface area contributed by atoms with Crippen LogP contribution >= 0.6 is 0 Å². The molecule has 6 nitrogen and oxygen atoms in total. The first-order valence-electron chi connectivity index (χ1n) is 7.96. The molecule has 23 heavy (non-hydrogen) atoms. The zero-order valence-electron chi connectivity index (χ0n) is 13.6. The van der Waals surface area contributed by atoms with Crippen LogP contribution in [0.1, 0.15) is 23.6 Å². The second kappa shape index (κ2) is 6.97. The van der Waals surface area contributed by atoms with E-state index in [4.69, 9.17) is 19.9 Å². The minimum absolute atomic E-state index is 0.150. The van der Waals surface area contributed by atoms with Gasteiger partial charge in [0.25, 0.3) is 0 Å². The molecular formula is C17H24N2O4. The van der Waals surface area contributed by atoms with Crippen LogP contribution in [0.3, 0.4) is 0 Å². The van der Waals surface area contributed by atoms with Gasteiger partial charge in [-0.1, -0.05) is 24.3 Å². The molecule has 1 aromatic carbocycles. The number of amides is 1. The van der Waals surface area contributed by atoms with E-state index in [1.54, 1.807) is 14.2 Å². The van der Waals surface area contributed by atoms with Gasteiger partial charge in [-0.3, -0.25) is 9.69 Å². The second-order valence-electron chi connectivity index (χ2n) is 6.15. The normalized spacial score (nSPS) is 31.0. The maximum absolute atomic E-state index is 12.1. The average molecular weight is 320 g/mol. The number of rotatable bonds is 5. The molecule has 4 unspecified atom stereocenters. The molecule has 126 valence electrons. The first kappa shape index (κ1) is 16.4. The number of hydrogen-bond acceptors (Lipinski definition) is 5. The molecule has 4 atom stereocenters. The van der Waals surface area contributed by atoms with Gasteiger partial charge >= 0.3 is 0 Å². The number of primary amides is 1. The van der Waals surface area contributed by atoms with E-state index in [1.807, 2.05) is 18.2 Å². The Kier molecular flexibility index (Phi) is 4.96. The Hall–Kier alpha value is -1.47. The van der Waals surface area contributed by atoms with Gasteiger partial charge in [-0.2, -0.15) is 0 Å². The Morgan fingerprint density at radius 3 is 2.83 bits per heavy atom. The third-order valence-electron chi connectivity index (χ3n) is 4.78. The number of carbonyl (C=O) groups is 1. The number of ether oxygens (including phenoxy) is 3. The standard InChI is InChI=1S/C17H24N2O4/c1-21-14-9-12(17(22-2)23-14)10-19-8-7-11-5-3-4-6-13(11)15(19)16(18)20/h3-6,12,14-15,17H,7-10H2,1-2H3,(H2,18,20). The molecule has 0 saturated carbocycles. The summed E-state index contributed by atoms with van der Waals surface area (Å²) in [6.07, 6.45) is 1.09. The minimum Gasteiger partial charge on any atom is -0.368 e. The molecule has 6 heteroatoms. The van der Waals surface area contributed by atoms with Crippen molar-refractivity contribution in [1.29, 1.82) is 0 Å². The van der Waals surface area contributed by atoms with Crippen LogP contribution < -0.4 is 5.73 Å². The van der Waals surface area contributed by atoms with Crippen molar-refractivity contribution in [2.75, 3.05) is 27.3 Å². The van der Waals surface area contributed by atoms with E-state index in [1.165, 1.54) is 5.56 Å². The zero-order chi connectivity index (χ0) is 16.4. The maximum atomic E-state index is 12.1. The summed E-state index contributed by atoms with van der Waals surface area (Å²) in [6.45, 7) is 1.50. The summed E-state index contributed by atoms with van der Waals surface area (Å²) in [5, 5.41) is 0. The predicted molar refractivity (Wildman–Crippen MR) is 84.4 cm³/mol. The van der Waals surface area contributed by atoms with Gasteiger partial charge in [0.1, 0.15) is 6.04 Å². The lowest BCUT2D eigenvalue weighted by atomic mass is 9.91. The highest BCUT2D eigenvalue weighted by Gasteiger charge is 2.40. The van der Waals surface area contributed by atoms with Crippen LogP contribution in [0.15, 0.2) is 24.3 Å². The fraction of sp³-hybridized carbons (Fsp3) is 0.588. The highest BCUT2D eigenvalue weighted by atomic mass is 16.8. The lowest BCUT2D eigenvalue weighted by Crippen LogP contribution is -2.45. The average Bonchev–Trinajstić information content (AvgIpc) is 2.96. The maximum Gasteiger partial charge on any atom is 0.239 e. The van der Waals surface area contributed by atoms with Gasteiger partial charge in [-0.25, -0.2) is 0 Å². The molecule has 1 fully saturated rings. The van der Waals surface area contributed by atoms with Gasteiger partial charge in [0, 0.05) is 39.6 Å². The third kappa shape index (κ3) is 3.26. The molecule has 2 N–H and O–H groups in total. The smallest absolute Gasteiger partial charge is 0.239 e. The van der Waals surface area contributed by atoms with E-state index < -0.39 is 0 Å². The summed E-state index contributed by atoms with van der Waals surface area (Å²) < 4.78 is 16.4. The van der Waals surface area contributed by atoms with Crippen LogP contribution in [0, 0.1) is 5.92 Å². The summed E-state index contributed by atoms with van der Waals surface area (Å²) in [5.74, 6) is -0.162. The van der Waals surface area contributed by atoms with Crippen molar-refractivity contribution in [3.8, 4) is 0 Å².